The molecule has 0 spiro atoms. The van der Waals surface area contributed by atoms with Crippen LogP contribution < -0.4 is 10.1 Å². The van der Waals surface area contributed by atoms with Gasteiger partial charge in [0.05, 0.1) is 7.11 Å². The molecule has 2 heterocycles. The third-order valence-electron chi connectivity index (χ3n) is 5.34. The van der Waals surface area contributed by atoms with Gasteiger partial charge in [-0.05, 0) is 55.7 Å². The van der Waals surface area contributed by atoms with Crippen LogP contribution in [0.15, 0.2) is 18.2 Å². The summed E-state index contributed by atoms with van der Waals surface area (Å²) in [7, 11) is 3.60. The summed E-state index contributed by atoms with van der Waals surface area (Å²) in [6.07, 6.45) is 5.60. The van der Waals surface area contributed by atoms with Gasteiger partial charge in [-0.25, -0.2) is 0 Å². The minimum atomic E-state index is 0.268. The van der Waals surface area contributed by atoms with E-state index in [4.69, 9.17) is 4.74 Å². The molecule has 1 N–H and O–H groups in total. The number of nitrogens with one attached hydrogen (secondary N) is 1. The summed E-state index contributed by atoms with van der Waals surface area (Å²) in [5, 5.41) is 3.64. The number of benzene rings is 1. The van der Waals surface area contributed by atoms with E-state index in [2.05, 4.69) is 11.4 Å². The molecule has 2 fully saturated rings. The van der Waals surface area contributed by atoms with Crippen LogP contribution in [0, 0.1) is 12.8 Å². The Morgan fingerprint density at radius 1 is 1.30 bits per heavy atom. The number of hydrogen-bond donors (Lipinski definition) is 1. The topological polar surface area (TPSA) is 41.6 Å². The van der Waals surface area contributed by atoms with E-state index in [-0.39, 0.29) is 5.91 Å². The SMILES string of the molecule is COc1ccc(CN(C)C(=O)CC2CC3CCC(C2)N3)cc1C. The van der Waals surface area contributed by atoms with Crippen molar-refractivity contribution in [3.05, 3.63) is 29.3 Å². The van der Waals surface area contributed by atoms with Crippen LogP contribution >= 0.6 is 0 Å². The van der Waals surface area contributed by atoms with E-state index in [0.717, 1.165) is 29.7 Å². The van der Waals surface area contributed by atoms with Crippen molar-refractivity contribution >= 4 is 5.91 Å². The third-order valence-corrected chi connectivity index (χ3v) is 5.34. The summed E-state index contributed by atoms with van der Waals surface area (Å²) in [4.78, 5) is 14.4. The molecule has 2 bridgehead atoms. The Labute approximate surface area is 139 Å². The molecule has 23 heavy (non-hydrogen) atoms. The van der Waals surface area contributed by atoms with Crippen molar-refractivity contribution in [1.82, 2.24) is 10.2 Å². The van der Waals surface area contributed by atoms with E-state index in [1.165, 1.54) is 12.8 Å². The lowest BCUT2D eigenvalue weighted by Crippen LogP contribution is -2.39. The lowest BCUT2D eigenvalue weighted by atomic mass is 9.89. The first-order chi connectivity index (χ1) is 11.0. The van der Waals surface area contributed by atoms with Crippen LogP contribution in [0.2, 0.25) is 0 Å². The molecule has 0 saturated carbocycles. The monoisotopic (exact) mass is 316 g/mol. The van der Waals surface area contributed by atoms with Crippen LogP contribution in [0.25, 0.3) is 0 Å². The zero-order valence-corrected chi connectivity index (χ0v) is 14.5. The van der Waals surface area contributed by atoms with Crippen LogP contribution in [0.4, 0.5) is 0 Å². The van der Waals surface area contributed by atoms with Crippen molar-refractivity contribution in [2.75, 3.05) is 14.2 Å². The number of amides is 1. The van der Waals surface area contributed by atoms with Crippen molar-refractivity contribution in [2.24, 2.45) is 5.92 Å². The zero-order valence-electron chi connectivity index (χ0n) is 14.5. The van der Waals surface area contributed by atoms with Gasteiger partial charge in [-0.3, -0.25) is 4.79 Å². The van der Waals surface area contributed by atoms with Crippen molar-refractivity contribution < 1.29 is 9.53 Å². The van der Waals surface area contributed by atoms with Crippen LogP contribution in [0.3, 0.4) is 0 Å². The van der Waals surface area contributed by atoms with E-state index in [1.807, 2.05) is 31.0 Å². The number of hydrogen-bond acceptors (Lipinski definition) is 3. The second-order valence-electron chi connectivity index (χ2n) is 7.23. The molecule has 2 atom stereocenters. The zero-order chi connectivity index (χ0) is 16.4. The van der Waals surface area contributed by atoms with Gasteiger partial charge in [-0.2, -0.15) is 0 Å². The lowest BCUT2D eigenvalue weighted by molar-refractivity contribution is -0.131. The molecule has 0 radical (unpaired) electrons. The average Bonchev–Trinajstić information content (AvgIpc) is 2.86. The van der Waals surface area contributed by atoms with Crippen LogP contribution in [0.5, 0.6) is 5.75 Å². The Bertz CT molecular complexity index is 560. The minimum absolute atomic E-state index is 0.268. The van der Waals surface area contributed by atoms with Gasteiger partial charge in [-0.15, -0.1) is 0 Å². The van der Waals surface area contributed by atoms with Gasteiger partial charge in [0.15, 0.2) is 0 Å². The molecule has 0 aliphatic carbocycles. The van der Waals surface area contributed by atoms with Crippen LogP contribution in [-0.4, -0.2) is 37.0 Å². The van der Waals surface area contributed by atoms with E-state index >= 15 is 0 Å². The smallest absolute Gasteiger partial charge is 0.222 e. The number of carbonyl (C=O) groups excluding carboxylic acids is 1. The standard InChI is InChI=1S/C19H28N2O2/c1-13-8-14(4-7-18(13)23-3)12-21(2)19(22)11-15-9-16-5-6-17(10-15)20-16/h4,7-8,15-17,20H,5-6,9-12H2,1-3H3. The predicted molar refractivity (Wildman–Crippen MR) is 91.5 cm³/mol. The summed E-state index contributed by atoms with van der Waals surface area (Å²) in [6.45, 7) is 2.70. The van der Waals surface area contributed by atoms with Crippen molar-refractivity contribution in [1.29, 1.82) is 0 Å². The van der Waals surface area contributed by atoms with Gasteiger partial charge in [0, 0.05) is 32.1 Å². The van der Waals surface area contributed by atoms with Gasteiger partial charge in [0.25, 0.3) is 0 Å². The maximum atomic E-state index is 12.5. The number of carbonyl (C=O) groups is 1. The van der Waals surface area contributed by atoms with Gasteiger partial charge < -0.3 is 15.0 Å². The first kappa shape index (κ1) is 16.3. The molecule has 2 aliphatic heterocycles. The number of methoxy groups -OCH3 is 1. The Morgan fingerprint density at radius 2 is 2.00 bits per heavy atom. The normalized spacial score (nSPS) is 26.1. The molecule has 4 heteroatoms. The number of aryl methyl sites for hydroxylation is 1. The summed E-state index contributed by atoms with van der Waals surface area (Å²) in [6, 6.07) is 7.43. The molecule has 1 amide bonds. The van der Waals surface area contributed by atoms with E-state index in [9.17, 15) is 4.79 Å². The number of ether oxygens (including phenoxy) is 1. The van der Waals surface area contributed by atoms with Crippen molar-refractivity contribution in [2.45, 2.75) is 57.7 Å². The van der Waals surface area contributed by atoms with Gasteiger partial charge in [-0.1, -0.05) is 12.1 Å². The Balaban J connectivity index is 1.54. The fraction of sp³-hybridized carbons (Fsp3) is 0.632. The summed E-state index contributed by atoms with van der Waals surface area (Å²) in [5.74, 6) is 1.72. The van der Waals surface area contributed by atoms with E-state index < -0.39 is 0 Å². The van der Waals surface area contributed by atoms with Gasteiger partial charge >= 0.3 is 0 Å². The quantitative estimate of drug-likeness (QED) is 0.908. The largest absolute Gasteiger partial charge is 0.496 e. The van der Waals surface area contributed by atoms with Crippen molar-refractivity contribution in [3.8, 4) is 5.75 Å². The minimum Gasteiger partial charge on any atom is -0.496 e. The molecule has 1 aromatic carbocycles. The number of nitrogens with zero attached hydrogens (tertiary/aromatic N) is 1. The number of piperidine rings is 1. The highest BCUT2D eigenvalue weighted by atomic mass is 16.5. The highest BCUT2D eigenvalue weighted by Gasteiger charge is 2.34. The molecular weight excluding hydrogens is 288 g/mol. The van der Waals surface area contributed by atoms with Crippen LogP contribution in [0.1, 0.15) is 43.2 Å². The maximum absolute atomic E-state index is 12.5. The van der Waals surface area contributed by atoms with Gasteiger partial charge in [0.1, 0.15) is 5.75 Å². The first-order valence-electron chi connectivity index (χ1n) is 8.68. The summed E-state index contributed by atoms with van der Waals surface area (Å²) >= 11 is 0. The molecule has 2 aliphatic rings. The maximum Gasteiger partial charge on any atom is 0.222 e. The molecule has 1 aromatic rings. The molecule has 4 nitrogen and oxygen atoms in total. The molecule has 2 unspecified atom stereocenters. The average molecular weight is 316 g/mol. The fourth-order valence-electron chi connectivity index (χ4n) is 4.15. The van der Waals surface area contributed by atoms with Crippen molar-refractivity contribution in [3.63, 3.8) is 0 Å². The Hall–Kier alpha value is -1.55. The number of fused-ring (bicyclic) bond motifs is 2. The molecule has 3 rings (SSSR count). The molecular formula is C19H28N2O2. The highest BCUT2D eigenvalue weighted by molar-refractivity contribution is 5.76. The fourth-order valence-corrected chi connectivity index (χ4v) is 4.15. The summed E-state index contributed by atoms with van der Waals surface area (Å²) < 4.78 is 5.29. The van der Waals surface area contributed by atoms with E-state index in [1.54, 1.807) is 7.11 Å². The summed E-state index contributed by atoms with van der Waals surface area (Å²) in [5.41, 5.74) is 2.27. The molecule has 0 aromatic heterocycles. The molecule has 126 valence electrons. The predicted octanol–water partition coefficient (Wildman–Crippen LogP) is 2.88. The second kappa shape index (κ2) is 6.91. The Morgan fingerprint density at radius 3 is 2.61 bits per heavy atom. The second-order valence-corrected chi connectivity index (χ2v) is 7.23. The van der Waals surface area contributed by atoms with E-state index in [0.29, 0.717) is 31.0 Å². The van der Waals surface area contributed by atoms with Gasteiger partial charge in [0.2, 0.25) is 5.91 Å². The third kappa shape index (κ3) is 3.86. The Kier molecular flexibility index (Phi) is 4.90. The first-order valence-corrected chi connectivity index (χ1v) is 8.68. The number of rotatable bonds is 5. The highest BCUT2D eigenvalue weighted by Crippen LogP contribution is 2.33. The molecule has 2 saturated heterocycles. The van der Waals surface area contributed by atoms with Crippen LogP contribution in [-0.2, 0) is 11.3 Å². The lowest BCUT2D eigenvalue weighted by Gasteiger charge is -2.30.